The van der Waals surface area contributed by atoms with Gasteiger partial charge in [0, 0.05) is 24.2 Å². The van der Waals surface area contributed by atoms with Crippen molar-refractivity contribution in [1.82, 2.24) is 4.98 Å². The first-order chi connectivity index (χ1) is 8.86. The number of aldehydes is 1. The topological polar surface area (TPSA) is 33.2 Å². The first kappa shape index (κ1) is 11.2. The summed E-state index contributed by atoms with van der Waals surface area (Å²) in [6, 6.07) is 10.0. The normalized spacial score (nSPS) is 15.9. The van der Waals surface area contributed by atoms with Crippen molar-refractivity contribution < 1.29 is 4.79 Å². The number of hydrogen-bond donors (Lipinski definition) is 0. The summed E-state index contributed by atoms with van der Waals surface area (Å²) in [4.78, 5) is 17.4. The molecule has 0 radical (unpaired) electrons. The Morgan fingerprint density at radius 2 is 1.89 bits per heavy atom. The second kappa shape index (κ2) is 4.77. The van der Waals surface area contributed by atoms with E-state index in [1.165, 1.54) is 24.9 Å². The van der Waals surface area contributed by atoms with Gasteiger partial charge < -0.3 is 4.90 Å². The Bertz CT molecular complexity index is 574. The summed E-state index contributed by atoms with van der Waals surface area (Å²) in [6.45, 7) is 2.29. The lowest BCUT2D eigenvalue weighted by atomic mass is 10.1. The Kier molecular flexibility index (Phi) is 2.97. The summed E-state index contributed by atoms with van der Waals surface area (Å²) in [7, 11) is 0. The maximum absolute atomic E-state index is 10.7. The van der Waals surface area contributed by atoms with Gasteiger partial charge in [-0.1, -0.05) is 6.07 Å². The van der Waals surface area contributed by atoms with E-state index >= 15 is 0 Å². The molecule has 1 aromatic heterocycles. The summed E-state index contributed by atoms with van der Waals surface area (Å²) >= 11 is 0. The molecule has 18 heavy (non-hydrogen) atoms. The van der Waals surface area contributed by atoms with Crippen LogP contribution in [0.15, 0.2) is 30.3 Å². The van der Waals surface area contributed by atoms with Crippen LogP contribution < -0.4 is 4.90 Å². The van der Waals surface area contributed by atoms with Crippen LogP contribution in [0.2, 0.25) is 0 Å². The van der Waals surface area contributed by atoms with E-state index in [9.17, 15) is 4.79 Å². The smallest absolute Gasteiger partial charge is 0.168 e. The van der Waals surface area contributed by atoms with Crippen LogP contribution in [0.25, 0.3) is 10.9 Å². The van der Waals surface area contributed by atoms with Crippen molar-refractivity contribution in [3.63, 3.8) is 0 Å². The molecule has 92 valence electrons. The highest BCUT2D eigenvalue weighted by atomic mass is 16.1. The summed E-state index contributed by atoms with van der Waals surface area (Å²) in [6.07, 6.45) is 4.69. The maximum Gasteiger partial charge on any atom is 0.168 e. The fraction of sp³-hybridized carbons (Fsp3) is 0.333. The summed E-state index contributed by atoms with van der Waals surface area (Å²) in [5, 5.41) is 1.10. The molecule has 0 aliphatic carbocycles. The minimum Gasteiger partial charge on any atom is -0.372 e. The first-order valence-electron chi connectivity index (χ1n) is 6.48. The quantitative estimate of drug-likeness (QED) is 0.756. The van der Waals surface area contributed by atoms with Gasteiger partial charge >= 0.3 is 0 Å². The number of pyridine rings is 1. The zero-order chi connectivity index (χ0) is 12.4. The molecule has 0 amide bonds. The SMILES string of the molecule is O=Cc1ccc2cc(N3CCCCC3)ccc2n1. The van der Waals surface area contributed by atoms with Gasteiger partial charge in [-0.3, -0.25) is 4.79 Å². The van der Waals surface area contributed by atoms with E-state index in [4.69, 9.17) is 0 Å². The van der Waals surface area contributed by atoms with E-state index in [0.29, 0.717) is 5.69 Å². The highest BCUT2D eigenvalue weighted by Crippen LogP contribution is 2.24. The number of rotatable bonds is 2. The van der Waals surface area contributed by atoms with E-state index < -0.39 is 0 Å². The number of aromatic nitrogens is 1. The monoisotopic (exact) mass is 240 g/mol. The second-order valence-corrected chi connectivity index (χ2v) is 4.78. The largest absolute Gasteiger partial charge is 0.372 e. The number of nitrogens with zero attached hydrogens (tertiary/aromatic N) is 2. The third-order valence-corrected chi connectivity index (χ3v) is 3.54. The van der Waals surface area contributed by atoms with Gasteiger partial charge in [0.05, 0.1) is 5.52 Å². The molecule has 1 saturated heterocycles. The molecule has 3 heteroatoms. The molecule has 0 spiro atoms. The number of carbonyl (C=O) groups is 1. The van der Waals surface area contributed by atoms with Gasteiger partial charge in [-0.15, -0.1) is 0 Å². The molecular weight excluding hydrogens is 224 g/mol. The van der Waals surface area contributed by atoms with Crippen molar-refractivity contribution in [1.29, 1.82) is 0 Å². The Hall–Kier alpha value is -1.90. The minimum absolute atomic E-state index is 0.494. The molecule has 3 nitrogen and oxygen atoms in total. The van der Waals surface area contributed by atoms with Crippen LogP contribution in [0.4, 0.5) is 5.69 Å². The number of hydrogen-bond acceptors (Lipinski definition) is 3. The van der Waals surface area contributed by atoms with Crippen LogP contribution >= 0.6 is 0 Å². The number of anilines is 1. The average Bonchev–Trinajstić information content (AvgIpc) is 2.47. The molecule has 2 heterocycles. The van der Waals surface area contributed by atoms with Crippen LogP contribution in [0.5, 0.6) is 0 Å². The lowest BCUT2D eigenvalue weighted by Crippen LogP contribution is -2.29. The Morgan fingerprint density at radius 1 is 1.06 bits per heavy atom. The summed E-state index contributed by atoms with van der Waals surface area (Å²) in [5.74, 6) is 0. The molecule has 0 atom stereocenters. The fourth-order valence-electron chi connectivity index (χ4n) is 2.54. The van der Waals surface area contributed by atoms with Crippen LogP contribution in [0.3, 0.4) is 0 Å². The van der Waals surface area contributed by atoms with Crippen molar-refractivity contribution in [3.8, 4) is 0 Å². The molecule has 0 N–H and O–H groups in total. The Balaban J connectivity index is 1.97. The van der Waals surface area contributed by atoms with Crippen LogP contribution in [-0.4, -0.2) is 24.4 Å². The molecule has 2 aromatic rings. The fourth-order valence-corrected chi connectivity index (χ4v) is 2.54. The number of benzene rings is 1. The highest BCUT2D eigenvalue weighted by molar-refractivity contribution is 5.86. The molecule has 1 aromatic carbocycles. The van der Waals surface area contributed by atoms with E-state index in [0.717, 1.165) is 30.3 Å². The van der Waals surface area contributed by atoms with Crippen molar-refractivity contribution in [3.05, 3.63) is 36.0 Å². The molecular formula is C15H16N2O. The van der Waals surface area contributed by atoms with Gasteiger partial charge in [0.25, 0.3) is 0 Å². The first-order valence-corrected chi connectivity index (χ1v) is 6.48. The Morgan fingerprint density at radius 3 is 2.67 bits per heavy atom. The third kappa shape index (κ3) is 2.08. The molecule has 1 aliphatic rings. The van der Waals surface area contributed by atoms with Crippen LogP contribution in [-0.2, 0) is 0 Å². The van der Waals surface area contributed by atoms with Crippen LogP contribution in [0.1, 0.15) is 29.8 Å². The number of fused-ring (bicyclic) bond motifs is 1. The maximum atomic E-state index is 10.7. The second-order valence-electron chi connectivity index (χ2n) is 4.78. The Labute approximate surface area is 106 Å². The predicted molar refractivity (Wildman–Crippen MR) is 73.2 cm³/mol. The van der Waals surface area contributed by atoms with Gasteiger partial charge in [-0.25, -0.2) is 4.98 Å². The zero-order valence-electron chi connectivity index (χ0n) is 10.3. The molecule has 0 bridgehead atoms. The van der Waals surface area contributed by atoms with Gasteiger partial charge in [-0.2, -0.15) is 0 Å². The van der Waals surface area contributed by atoms with E-state index in [1.807, 2.05) is 12.1 Å². The molecule has 1 fully saturated rings. The van der Waals surface area contributed by atoms with E-state index in [2.05, 4.69) is 22.0 Å². The highest BCUT2D eigenvalue weighted by Gasteiger charge is 2.11. The zero-order valence-corrected chi connectivity index (χ0v) is 10.3. The van der Waals surface area contributed by atoms with Gasteiger partial charge in [0.15, 0.2) is 6.29 Å². The molecule has 1 aliphatic heterocycles. The van der Waals surface area contributed by atoms with Crippen molar-refractivity contribution >= 4 is 22.9 Å². The standard InChI is InChI=1S/C15H16N2O/c18-11-13-5-4-12-10-14(6-7-15(12)16-13)17-8-2-1-3-9-17/h4-7,10-11H,1-3,8-9H2. The molecule has 0 unspecified atom stereocenters. The number of piperidine rings is 1. The number of carbonyl (C=O) groups excluding carboxylic acids is 1. The average molecular weight is 240 g/mol. The van der Waals surface area contributed by atoms with Crippen molar-refractivity contribution in [2.24, 2.45) is 0 Å². The van der Waals surface area contributed by atoms with Crippen molar-refractivity contribution in [2.75, 3.05) is 18.0 Å². The summed E-state index contributed by atoms with van der Waals surface area (Å²) in [5.41, 5.74) is 2.65. The lowest BCUT2D eigenvalue weighted by Gasteiger charge is -2.28. The predicted octanol–water partition coefficient (Wildman–Crippen LogP) is 3.04. The van der Waals surface area contributed by atoms with Gasteiger partial charge in [0.2, 0.25) is 0 Å². The van der Waals surface area contributed by atoms with E-state index in [-0.39, 0.29) is 0 Å². The van der Waals surface area contributed by atoms with Gasteiger partial charge in [-0.05, 0) is 43.5 Å². The van der Waals surface area contributed by atoms with Gasteiger partial charge in [0.1, 0.15) is 5.69 Å². The molecule has 3 rings (SSSR count). The van der Waals surface area contributed by atoms with Crippen molar-refractivity contribution in [2.45, 2.75) is 19.3 Å². The minimum atomic E-state index is 0.494. The van der Waals surface area contributed by atoms with Crippen LogP contribution in [0, 0.1) is 0 Å². The molecule has 0 saturated carbocycles. The van der Waals surface area contributed by atoms with E-state index in [1.54, 1.807) is 6.07 Å². The third-order valence-electron chi connectivity index (χ3n) is 3.54. The summed E-state index contributed by atoms with van der Waals surface area (Å²) < 4.78 is 0. The lowest BCUT2D eigenvalue weighted by molar-refractivity contribution is 0.111.